The average molecular weight is 189 g/mol. The lowest BCUT2D eigenvalue weighted by molar-refractivity contribution is 0.148. The van der Waals surface area contributed by atoms with Crippen LogP contribution in [0.1, 0.15) is 18.4 Å². The maximum absolute atomic E-state index is 5.64. The number of hydrogen-bond donors (Lipinski definition) is 1. The Balaban J connectivity index is 2.20. The van der Waals surface area contributed by atoms with Gasteiger partial charge in [-0.1, -0.05) is 18.2 Å². The summed E-state index contributed by atoms with van der Waals surface area (Å²) in [7, 11) is 0. The van der Waals surface area contributed by atoms with Crippen LogP contribution in [0.3, 0.4) is 0 Å². The first-order chi connectivity index (χ1) is 6.86. The minimum atomic E-state index is 0.819. The lowest BCUT2D eigenvalue weighted by atomic mass is 10.0. The van der Waals surface area contributed by atoms with E-state index < -0.39 is 0 Å². The molecule has 2 heteroatoms. The van der Waals surface area contributed by atoms with Crippen molar-refractivity contribution in [3.63, 3.8) is 0 Å². The molecule has 0 unspecified atom stereocenters. The van der Waals surface area contributed by atoms with Gasteiger partial charge in [-0.15, -0.1) is 0 Å². The van der Waals surface area contributed by atoms with Gasteiger partial charge in [-0.3, -0.25) is 0 Å². The number of nitrogen functional groups attached to an aromatic ring is 1. The Kier molecular flexibility index (Phi) is 2.84. The van der Waals surface area contributed by atoms with Gasteiger partial charge in [0.05, 0.1) is 13.2 Å². The summed E-state index contributed by atoms with van der Waals surface area (Å²) in [6, 6.07) is 8.04. The van der Waals surface area contributed by atoms with Crippen LogP contribution in [0.25, 0.3) is 5.57 Å². The fourth-order valence-corrected chi connectivity index (χ4v) is 1.66. The van der Waals surface area contributed by atoms with Crippen molar-refractivity contribution in [2.45, 2.75) is 12.8 Å². The highest BCUT2D eigenvalue weighted by Crippen LogP contribution is 2.21. The highest BCUT2D eigenvalue weighted by Gasteiger charge is 2.04. The molecule has 2 nitrogen and oxygen atoms in total. The Morgan fingerprint density at radius 1 is 1.07 bits per heavy atom. The van der Waals surface area contributed by atoms with Gasteiger partial charge in [0.25, 0.3) is 0 Å². The van der Waals surface area contributed by atoms with Gasteiger partial charge in [-0.25, -0.2) is 0 Å². The van der Waals surface area contributed by atoms with E-state index in [-0.39, 0.29) is 0 Å². The zero-order valence-corrected chi connectivity index (χ0v) is 8.20. The monoisotopic (exact) mass is 189 g/mol. The highest BCUT2D eigenvalue weighted by molar-refractivity contribution is 5.67. The summed E-state index contributed by atoms with van der Waals surface area (Å²) in [6.07, 6.45) is 4.28. The molecule has 0 saturated heterocycles. The largest absolute Gasteiger partial charge is 0.399 e. The maximum atomic E-state index is 5.64. The predicted octanol–water partition coefficient (Wildman–Crippen LogP) is 2.46. The summed E-state index contributed by atoms with van der Waals surface area (Å²) in [4.78, 5) is 0. The van der Waals surface area contributed by atoms with Crippen LogP contribution in [0, 0.1) is 0 Å². The van der Waals surface area contributed by atoms with Gasteiger partial charge in [-0.2, -0.15) is 0 Å². The van der Waals surface area contributed by atoms with Gasteiger partial charge < -0.3 is 10.5 Å². The van der Waals surface area contributed by atoms with Gasteiger partial charge in [0, 0.05) is 5.69 Å². The molecule has 2 rings (SSSR count). The van der Waals surface area contributed by atoms with E-state index in [0.29, 0.717) is 0 Å². The molecule has 0 spiro atoms. The Morgan fingerprint density at radius 2 is 1.86 bits per heavy atom. The van der Waals surface area contributed by atoms with E-state index in [1.165, 1.54) is 11.1 Å². The van der Waals surface area contributed by atoms with E-state index in [1.54, 1.807) is 0 Å². The summed E-state index contributed by atoms with van der Waals surface area (Å²) in [6.45, 7) is 1.68. The molecule has 0 bridgehead atoms. The summed E-state index contributed by atoms with van der Waals surface area (Å²) in [5.74, 6) is 0. The third-order valence-corrected chi connectivity index (χ3v) is 2.45. The summed E-state index contributed by atoms with van der Waals surface area (Å²) in [5.41, 5.74) is 9.11. The minimum absolute atomic E-state index is 0.819. The Hall–Kier alpha value is -1.28. The number of ether oxygens (including phenoxy) is 1. The molecule has 0 saturated carbocycles. The molecule has 74 valence electrons. The second-order valence-electron chi connectivity index (χ2n) is 3.50. The normalized spacial score (nSPS) is 17.3. The Morgan fingerprint density at radius 3 is 2.64 bits per heavy atom. The van der Waals surface area contributed by atoms with Gasteiger partial charge in [0.15, 0.2) is 0 Å². The zero-order valence-electron chi connectivity index (χ0n) is 8.20. The number of nitrogens with two attached hydrogens (primary N) is 1. The van der Waals surface area contributed by atoms with Crippen LogP contribution in [-0.4, -0.2) is 13.2 Å². The molecular weight excluding hydrogens is 174 g/mol. The third-order valence-electron chi connectivity index (χ3n) is 2.45. The fourth-order valence-electron chi connectivity index (χ4n) is 1.66. The molecular formula is C12H15NO. The van der Waals surface area contributed by atoms with Crippen molar-refractivity contribution >= 4 is 11.3 Å². The topological polar surface area (TPSA) is 35.2 Å². The number of benzene rings is 1. The van der Waals surface area contributed by atoms with Crippen molar-refractivity contribution in [2.75, 3.05) is 18.9 Å². The van der Waals surface area contributed by atoms with Crippen LogP contribution in [0.15, 0.2) is 30.3 Å². The summed E-state index contributed by atoms with van der Waals surface area (Å²) < 4.78 is 5.39. The lowest BCUT2D eigenvalue weighted by Gasteiger charge is -2.05. The van der Waals surface area contributed by atoms with Gasteiger partial charge in [0.2, 0.25) is 0 Å². The SMILES string of the molecule is Nc1ccc(C2=CCCOCC2)cc1. The molecule has 0 amide bonds. The van der Waals surface area contributed by atoms with Crippen molar-refractivity contribution in [1.82, 2.24) is 0 Å². The quantitative estimate of drug-likeness (QED) is 0.689. The Labute approximate surface area is 84.4 Å². The molecule has 1 aliphatic rings. The van der Waals surface area contributed by atoms with Crippen LogP contribution in [0.4, 0.5) is 5.69 Å². The molecule has 1 aliphatic heterocycles. The molecule has 0 aliphatic carbocycles. The Bertz CT molecular complexity index is 327. The van der Waals surface area contributed by atoms with E-state index >= 15 is 0 Å². The van der Waals surface area contributed by atoms with Crippen molar-refractivity contribution in [2.24, 2.45) is 0 Å². The summed E-state index contributed by atoms with van der Waals surface area (Å²) >= 11 is 0. The van der Waals surface area contributed by atoms with E-state index in [0.717, 1.165) is 31.7 Å². The van der Waals surface area contributed by atoms with Crippen molar-refractivity contribution in [1.29, 1.82) is 0 Å². The predicted molar refractivity (Wildman–Crippen MR) is 58.9 cm³/mol. The van der Waals surface area contributed by atoms with Gasteiger partial charge in [-0.05, 0) is 36.1 Å². The first-order valence-corrected chi connectivity index (χ1v) is 4.99. The van der Waals surface area contributed by atoms with Crippen molar-refractivity contribution in [3.05, 3.63) is 35.9 Å². The van der Waals surface area contributed by atoms with Gasteiger partial charge in [0.1, 0.15) is 0 Å². The average Bonchev–Trinajstić information content (AvgIpc) is 2.47. The van der Waals surface area contributed by atoms with E-state index in [4.69, 9.17) is 10.5 Å². The first-order valence-electron chi connectivity index (χ1n) is 4.99. The van der Waals surface area contributed by atoms with Crippen LogP contribution >= 0.6 is 0 Å². The fraction of sp³-hybridized carbons (Fsp3) is 0.333. The van der Waals surface area contributed by atoms with Crippen molar-refractivity contribution in [3.8, 4) is 0 Å². The number of hydrogen-bond acceptors (Lipinski definition) is 2. The van der Waals surface area contributed by atoms with Crippen LogP contribution in [0.5, 0.6) is 0 Å². The summed E-state index contributed by atoms with van der Waals surface area (Å²) in [5, 5.41) is 0. The third kappa shape index (κ3) is 2.15. The molecule has 1 heterocycles. The number of anilines is 1. The van der Waals surface area contributed by atoms with Crippen LogP contribution in [0.2, 0.25) is 0 Å². The van der Waals surface area contributed by atoms with Crippen LogP contribution < -0.4 is 5.73 Å². The van der Waals surface area contributed by atoms with E-state index in [9.17, 15) is 0 Å². The molecule has 1 aromatic carbocycles. The molecule has 2 N–H and O–H groups in total. The standard InChI is InChI=1S/C12H15NO/c13-12-5-3-11(4-6-12)10-2-1-8-14-9-7-10/h2-6H,1,7-9,13H2. The van der Waals surface area contributed by atoms with E-state index in [2.05, 4.69) is 18.2 Å². The second-order valence-corrected chi connectivity index (χ2v) is 3.50. The molecule has 0 radical (unpaired) electrons. The minimum Gasteiger partial charge on any atom is -0.399 e. The number of rotatable bonds is 1. The van der Waals surface area contributed by atoms with Gasteiger partial charge >= 0.3 is 0 Å². The second kappa shape index (κ2) is 4.29. The van der Waals surface area contributed by atoms with Crippen LogP contribution in [-0.2, 0) is 4.74 Å². The smallest absolute Gasteiger partial charge is 0.0506 e. The molecule has 0 aromatic heterocycles. The maximum Gasteiger partial charge on any atom is 0.0506 e. The molecule has 14 heavy (non-hydrogen) atoms. The molecule has 0 fully saturated rings. The molecule has 1 aromatic rings. The lowest BCUT2D eigenvalue weighted by Crippen LogP contribution is -1.92. The highest BCUT2D eigenvalue weighted by atomic mass is 16.5. The van der Waals surface area contributed by atoms with Crippen molar-refractivity contribution < 1.29 is 4.74 Å². The first kappa shape index (κ1) is 9.28. The molecule has 0 atom stereocenters. The van der Waals surface area contributed by atoms with E-state index in [1.807, 2.05) is 12.1 Å². The zero-order chi connectivity index (χ0) is 9.80.